The monoisotopic (exact) mass is 1690 g/mol. The van der Waals surface area contributed by atoms with Crippen LogP contribution >= 0.6 is 25.3 Å². The molecule has 650 valence electrons. The molecule has 41 nitrogen and oxygen atoms in total. The Morgan fingerprint density at radius 1 is 0.458 bits per heavy atom. The topological polar surface area (TPSA) is 690 Å². The summed E-state index contributed by atoms with van der Waals surface area (Å²) in [5.41, 5.74) is 29.8. The molecule has 0 heterocycles. The predicted octanol–water partition coefficient (Wildman–Crippen LogP) is -5.90. The van der Waals surface area contributed by atoms with Crippen LogP contribution in [0.2, 0.25) is 0 Å². The predicted molar refractivity (Wildman–Crippen MR) is 442 cm³/mol. The second-order valence-electron chi connectivity index (χ2n) is 28.0. The van der Waals surface area contributed by atoms with Gasteiger partial charge in [0, 0.05) is 49.7 Å². The highest BCUT2D eigenvalue weighted by Gasteiger charge is 2.41. The first kappa shape index (κ1) is 100. The van der Waals surface area contributed by atoms with Gasteiger partial charge in [-0.15, -0.1) is 0 Å². The van der Waals surface area contributed by atoms with E-state index in [0.29, 0.717) is 28.7 Å². The lowest BCUT2D eigenvalue weighted by Gasteiger charge is -2.32. The summed E-state index contributed by atoms with van der Waals surface area (Å²) in [6.07, 6.45) is -1.75. The number of aliphatic hydroxyl groups excluding tert-OH is 2. The summed E-state index contributed by atoms with van der Waals surface area (Å²) < 4.78 is 0. The van der Waals surface area contributed by atoms with E-state index in [1.807, 2.05) is 0 Å². The zero-order valence-electron chi connectivity index (χ0n) is 66.4. The van der Waals surface area contributed by atoms with Gasteiger partial charge in [-0.25, -0.2) is 0 Å². The number of aliphatic hydroxyl groups is 2. The number of carboxylic acids is 1. The molecule has 3 rings (SSSR count). The third-order valence-corrected chi connectivity index (χ3v) is 19.4. The minimum absolute atomic E-state index is 0.0198. The summed E-state index contributed by atoms with van der Waals surface area (Å²) in [6.45, 7) is 5.93. The van der Waals surface area contributed by atoms with Crippen LogP contribution in [-0.4, -0.2) is 250 Å². The van der Waals surface area contributed by atoms with Crippen molar-refractivity contribution in [2.45, 2.75) is 190 Å². The number of amides is 13. The van der Waals surface area contributed by atoms with Gasteiger partial charge in [0.2, 0.25) is 70.9 Å². The van der Waals surface area contributed by atoms with Gasteiger partial charge >= 0.3 is 5.97 Å². The number of rotatable bonds is 53. The highest BCUT2D eigenvalue weighted by atomic mass is 32.1. The van der Waals surface area contributed by atoms with Crippen LogP contribution in [0.1, 0.15) is 109 Å². The highest BCUT2D eigenvalue weighted by Crippen LogP contribution is 2.19. The molecule has 3 aromatic rings. The molecule has 0 spiro atoms. The smallest absolute Gasteiger partial charge is 0.305 e. The van der Waals surface area contributed by atoms with Gasteiger partial charge in [0.05, 0.1) is 32.1 Å². The Kier molecular flexibility index (Phi) is 45.0. The largest absolute Gasteiger partial charge is 0.481 e. The first-order valence-electron chi connectivity index (χ1n) is 38.2. The molecule has 0 aliphatic heterocycles. The zero-order chi connectivity index (χ0) is 88.3. The number of thiol groups is 2. The zero-order valence-corrected chi connectivity index (χ0v) is 68.2. The number of nitrogens with one attached hydrogen (secondary N) is 17. The molecule has 118 heavy (non-hydrogen) atoms. The molecule has 43 heteroatoms. The van der Waals surface area contributed by atoms with E-state index in [-0.39, 0.29) is 95.6 Å². The number of carboxylic acid groups (broad SMARTS) is 1. The second-order valence-corrected chi connectivity index (χ2v) is 28.7. The Balaban J connectivity index is 2.01. The summed E-state index contributed by atoms with van der Waals surface area (Å²) in [5, 5.41) is 87.3. The number of nitrogen functional groups attached to an aromatic ring is 1. The van der Waals surface area contributed by atoms with Crippen LogP contribution < -0.4 is 103 Å². The summed E-state index contributed by atoms with van der Waals surface area (Å²) in [4.78, 5) is 211. The standard InChI is InChI=1S/C75H115N23O18S2/c1-6-40(3)59(96-63(107)49(25-16-28-85-74(80)81)88-65(109)51(31-43-18-10-8-11-19-43)90-61(105)42(5)87-68(112)55(38-117)94-67(111)54(37-101)93-62(106)48(77)36-100)70(114)91-52(34-58(103)104)66(110)89-50(26-17-29-86-75(82)83)64(108)97-60(41(4)7-2)71(115)95-56(39-118)69(113)92-53(32-44-20-12-9-13-21-44)72(116)98(47(35-99)24-15-27-84-73(78)79)57(102)33-45-22-14-23-46(76)30-45/h8-14,18-23,30,35,40-42,47-56,59-60,100-101,117-118H,6-7,15-17,24-29,31-34,36-39,76-77H2,1-5H3,(H,87,112)(H,88,109)(H,89,110)(H,90,105)(H,91,114)(H,92,113)(H,93,106)(H,94,111)(H,95,115)(H,96,107)(H,97,108)(H,103,104)(H4,78,79,84)(H4,80,81,85)(H4,82,83,86)/t40-,41-,42+,47-,48-,49-,50-,51-,52-,53-,54-,55-,56-,59-,60-/m0/s1. The van der Waals surface area contributed by atoms with E-state index in [4.69, 9.17) is 44.9 Å². The normalized spacial score (nSPS) is 14.8. The molecule has 0 unspecified atom stereocenters. The molecule has 0 saturated heterocycles. The summed E-state index contributed by atoms with van der Waals surface area (Å²) >= 11 is 8.50. The number of guanidine groups is 3. The highest BCUT2D eigenvalue weighted by molar-refractivity contribution is 7.80. The molecule has 0 aliphatic carbocycles. The van der Waals surface area contributed by atoms with Gasteiger partial charge in [0.15, 0.2) is 17.9 Å². The third kappa shape index (κ3) is 35.4. The van der Waals surface area contributed by atoms with Crippen molar-refractivity contribution in [1.29, 1.82) is 16.2 Å². The van der Waals surface area contributed by atoms with Crippen LogP contribution in [0.4, 0.5) is 5.69 Å². The van der Waals surface area contributed by atoms with E-state index in [2.05, 4.69) is 99.7 Å². The Morgan fingerprint density at radius 2 is 0.839 bits per heavy atom. The Bertz CT molecular complexity index is 3910. The number of carbonyl (C=O) groups excluding carboxylic acids is 14. The van der Waals surface area contributed by atoms with Crippen molar-refractivity contribution in [3.8, 4) is 0 Å². The fourth-order valence-corrected chi connectivity index (χ4v) is 12.1. The van der Waals surface area contributed by atoms with Crippen molar-refractivity contribution in [1.82, 2.24) is 79.3 Å². The average molecular weight is 1690 g/mol. The van der Waals surface area contributed by atoms with Crippen LogP contribution in [0.5, 0.6) is 0 Å². The molecule has 0 fully saturated rings. The minimum Gasteiger partial charge on any atom is -0.481 e. The van der Waals surface area contributed by atoms with E-state index in [0.717, 1.165) is 4.90 Å². The van der Waals surface area contributed by atoms with Gasteiger partial charge in [-0.2, -0.15) is 25.3 Å². The number of aldehydes is 1. The number of nitrogens with two attached hydrogens (primary N) is 5. The molecule has 30 N–H and O–H groups in total. The van der Waals surface area contributed by atoms with Crippen molar-refractivity contribution in [3.63, 3.8) is 0 Å². The molecular weight excluding hydrogens is 1580 g/mol. The first-order valence-corrected chi connectivity index (χ1v) is 39.4. The van der Waals surface area contributed by atoms with Crippen molar-refractivity contribution in [3.05, 3.63) is 102 Å². The molecule has 0 aromatic heterocycles. The van der Waals surface area contributed by atoms with E-state index >= 15 is 4.79 Å². The number of benzene rings is 3. The van der Waals surface area contributed by atoms with Gasteiger partial charge in [0.1, 0.15) is 78.8 Å². The number of hydrogen-bond donors (Lipinski definition) is 27. The van der Waals surface area contributed by atoms with Crippen molar-refractivity contribution < 1.29 is 87.2 Å². The molecule has 0 saturated carbocycles. The van der Waals surface area contributed by atoms with Crippen LogP contribution in [0, 0.1) is 28.1 Å². The van der Waals surface area contributed by atoms with Crippen molar-refractivity contribution in [2.75, 3.05) is 50.1 Å². The summed E-state index contributed by atoms with van der Waals surface area (Å²) in [6, 6.07) is 2.32. The lowest BCUT2D eigenvalue weighted by Crippen LogP contribution is -2.62. The van der Waals surface area contributed by atoms with Gasteiger partial charge in [-0.1, -0.05) is 113 Å². The number of imide groups is 1. The van der Waals surface area contributed by atoms with Crippen LogP contribution in [0.25, 0.3) is 0 Å². The maximum Gasteiger partial charge on any atom is 0.305 e. The number of aliphatic carboxylic acids is 1. The van der Waals surface area contributed by atoms with E-state index < -0.39 is 217 Å². The molecule has 0 radical (unpaired) electrons. The van der Waals surface area contributed by atoms with Crippen LogP contribution in [-0.2, 0) is 91.2 Å². The second kappa shape index (κ2) is 52.8. The van der Waals surface area contributed by atoms with E-state index in [1.165, 1.54) is 19.9 Å². The Morgan fingerprint density at radius 3 is 1.27 bits per heavy atom. The van der Waals surface area contributed by atoms with Gasteiger partial charge in [-0.05, 0) is 86.1 Å². The van der Waals surface area contributed by atoms with E-state index in [1.54, 1.807) is 99.6 Å². The maximum atomic E-state index is 15.0. The van der Waals surface area contributed by atoms with Crippen LogP contribution in [0.3, 0.4) is 0 Å². The molecule has 3 aromatic carbocycles. The quantitative estimate of drug-likeness (QED) is 0.00625. The van der Waals surface area contributed by atoms with Gasteiger partial charge in [-0.3, -0.25) is 88.3 Å². The molecule has 13 amide bonds. The van der Waals surface area contributed by atoms with Gasteiger partial charge in [0.25, 0.3) is 5.91 Å². The molecule has 15 atom stereocenters. The lowest BCUT2D eigenvalue weighted by molar-refractivity contribution is -0.151. The fourth-order valence-electron chi connectivity index (χ4n) is 11.6. The number of nitrogens with zero attached hydrogens (tertiary/aromatic N) is 1. The molecule has 0 aliphatic rings. The Hall–Kier alpha value is -11.7. The molecular formula is C75H115N23O18S2. The lowest BCUT2D eigenvalue weighted by atomic mass is 9.96. The van der Waals surface area contributed by atoms with Gasteiger partial charge < -0.3 is 123 Å². The summed E-state index contributed by atoms with van der Waals surface area (Å²) in [5.74, 6) is -18.5. The van der Waals surface area contributed by atoms with Crippen molar-refractivity contribution >= 4 is 138 Å². The number of anilines is 1. The third-order valence-electron chi connectivity index (χ3n) is 18.7. The molecule has 0 bridgehead atoms. The fraction of sp³-hybridized carbons (Fsp3) is 0.520. The Labute approximate surface area is 694 Å². The number of carbonyl (C=O) groups is 15. The van der Waals surface area contributed by atoms with Crippen molar-refractivity contribution in [2.24, 2.45) is 34.8 Å². The maximum absolute atomic E-state index is 15.0. The van der Waals surface area contributed by atoms with Crippen LogP contribution in [0.15, 0.2) is 84.9 Å². The minimum atomic E-state index is -2.02. The summed E-state index contributed by atoms with van der Waals surface area (Å²) in [7, 11) is 0. The van der Waals surface area contributed by atoms with E-state index in [9.17, 15) is 82.4 Å². The number of hydrogen-bond acceptors (Lipinski definition) is 24. The SMILES string of the molecule is CC[C@H](C)[C@H](NC(=O)[C@H](CCCNC(=N)N)NC(=O)[C@H](Cc1ccccc1)NC(=O)[C@@H](C)NC(=O)[C@H](CS)NC(=O)[C@H](CO)NC(=O)[C@@H](N)CO)C(=O)N[C@@H](CC(=O)O)C(=O)N[C@@H](CCCNC(=N)N)C(=O)N[C@H](C(=O)N[C@@H](CS)C(=O)N[C@@H](Cc1ccccc1)C(=O)N(C(=O)Cc1cccc(N)c1)[C@H](C=O)CCCNC(=N)N)[C@@H](C)CC. The average Bonchev–Trinajstić information content (AvgIpc) is 0.821. The first-order chi connectivity index (χ1) is 55.9.